The van der Waals surface area contributed by atoms with Gasteiger partial charge < -0.3 is 14.7 Å². The van der Waals surface area contributed by atoms with Crippen LogP contribution in [0.2, 0.25) is 0 Å². The van der Waals surface area contributed by atoms with Crippen molar-refractivity contribution in [3.63, 3.8) is 0 Å². The van der Waals surface area contributed by atoms with Gasteiger partial charge in [0.15, 0.2) is 0 Å². The molecule has 1 fully saturated rings. The van der Waals surface area contributed by atoms with Crippen molar-refractivity contribution in [3.8, 4) is 23.4 Å². The number of likely N-dealkylation sites (tertiary alicyclic amines) is 1. The summed E-state index contributed by atoms with van der Waals surface area (Å²) < 4.78 is 8.02. The maximum atomic E-state index is 13.1. The van der Waals surface area contributed by atoms with E-state index in [2.05, 4.69) is 4.98 Å². The van der Waals surface area contributed by atoms with Crippen LogP contribution < -0.4 is 10.4 Å². The van der Waals surface area contributed by atoms with E-state index in [4.69, 9.17) is 10.00 Å². The highest BCUT2D eigenvalue weighted by atomic mass is 16.5. The van der Waals surface area contributed by atoms with Crippen LogP contribution in [0.1, 0.15) is 41.0 Å². The Hall–Kier alpha value is -4.06. The van der Waals surface area contributed by atoms with Gasteiger partial charge in [-0.2, -0.15) is 5.26 Å². The molecule has 0 radical (unpaired) electrons. The topological polar surface area (TPSA) is 113 Å². The predicted molar refractivity (Wildman–Crippen MR) is 114 cm³/mol. The number of carbonyl (C=O) groups is 1. The zero-order valence-corrected chi connectivity index (χ0v) is 17.6. The van der Waals surface area contributed by atoms with E-state index in [1.807, 2.05) is 30.3 Å². The standard InChI is InChI=1S/C23H21N5O4/c1-13-6-15(11-25-18(13)10-24)28-22(30)21-19-9-16(27(21)23(28)31)12-26(19)20(29)8-14-4-3-5-17(7-14)32-2/h3-7,11,16,19,30H,8-9,12H2,1-2H3/t16-,19?/m1/s1. The highest BCUT2D eigenvalue weighted by Gasteiger charge is 2.49. The Balaban J connectivity index is 1.47. The molecule has 4 heterocycles. The van der Waals surface area contributed by atoms with Crippen LogP contribution in [0.3, 0.4) is 0 Å². The first-order valence-electron chi connectivity index (χ1n) is 10.3. The van der Waals surface area contributed by atoms with Crippen molar-refractivity contribution in [3.05, 3.63) is 69.5 Å². The molecule has 9 nitrogen and oxygen atoms in total. The van der Waals surface area contributed by atoms with Gasteiger partial charge in [0.1, 0.15) is 23.2 Å². The Morgan fingerprint density at radius 1 is 1.38 bits per heavy atom. The Bertz CT molecular complexity index is 1350. The number of methoxy groups -OCH3 is 1. The van der Waals surface area contributed by atoms with E-state index in [-0.39, 0.29) is 41.7 Å². The van der Waals surface area contributed by atoms with Crippen LogP contribution in [0.15, 0.2) is 41.3 Å². The van der Waals surface area contributed by atoms with Crippen molar-refractivity contribution in [2.75, 3.05) is 13.7 Å². The number of aromatic hydroxyl groups is 1. The monoisotopic (exact) mass is 431 g/mol. The molecule has 5 rings (SSSR count). The van der Waals surface area contributed by atoms with Gasteiger partial charge in [-0.1, -0.05) is 12.1 Å². The average Bonchev–Trinajstić information content (AvgIpc) is 3.45. The number of benzene rings is 1. The van der Waals surface area contributed by atoms with Crippen molar-refractivity contribution >= 4 is 5.91 Å². The SMILES string of the molecule is COc1cccc(CC(=O)N2C[C@H]3CC2c2c(O)n(-c4cnc(C#N)c(C)c4)c(=O)n23)c1. The summed E-state index contributed by atoms with van der Waals surface area (Å²) in [5.41, 5.74) is 2.20. The molecule has 2 aliphatic heterocycles. The van der Waals surface area contributed by atoms with Crippen LogP contribution in [0.25, 0.3) is 5.69 Å². The molecular weight excluding hydrogens is 410 g/mol. The summed E-state index contributed by atoms with van der Waals surface area (Å²) in [6.07, 6.45) is 2.22. The number of fused-ring (bicyclic) bond motifs is 5. The lowest BCUT2D eigenvalue weighted by Gasteiger charge is -2.27. The number of ether oxygens (including phenoxy) is 1. The maximum Gasteiger partial charge on any atom is 0.336 e. The number of hydrogen-bond donors (Lipinski definition) is 1. The predicted octanol–water partition coefficient (Wildman–Crippen LogP) is 2.00. The van der Waals surface area contributed by atoms with E-state index in [1.54, 1.807) is 29.6 Å². The van der Waals surface area contributed by atoms with Crippen LogP contribution in [0, 0.1) is 18.3 Å². The molecule has 1 saturated heterocycles. The molecule has 1 unspecified atom stereocenters. The second-order valence-electron chi connectivity index (χ2n) is 8.15. The molecule has 1 aromatic carbocycles. The third kappa shape index (κ3) is 2.87. The van der Waals surface area contributed by atoms with Gasteiger partial charge in [-0.15, -0.1) is 0 Å². The molecular formula is C23H21N5O4. The molecule has 3 aromatic rings. The van der Waals surface area contributed by atoms with Gasteiger partial charge in [0.25, 0.3) is 0 Å². The van der Waals surface area contributed by atoms with Gasteiger partial charge in [0.05, 0.1) is 37.5 Å². The lowest BCUT2D eigenvalue weighted by molar-refractivity contribution is -0.132. The van der Waals surface area contributed by atoms with Crippen LogP contribution in [0.4, 0.5) is 0 Å². The van der Waals surface area contributed by atoms with E-state index in [0.717, 1.165) is 5.56 Å². The fourth-order valence-corrected chi connectivity index (χ4v) is 4.81. The zero-order valence-electron chi connectivity index (χ0n) is 17.6. The number of hydrogen-bond acceptors (Lipinski definition) is 6. The lowest BCUT2D eigenvalue weighted by atomic mass is 10.1. The Labute approximate surface area is 183 Å². The molecule has 0 aliphatic carbocycles. The smallest absolute Gasteiger partial charge is 0.336 e. The summed E-state index contributed by atoms with van der Waals surface area (Å²) in [6, 6.07) is 10.5. The average molecular weight is 431 g/mol. The summed E-state index contributed by atoms with van der Waals surface area (Å²) in [7, 11) is 1.58. The Morgan fingerprint density at radius 3 is 2.91 bits per heavy atom. The minimum atomic E-state index is -0.365. The molecule has 0 saturated carbocycles. The molecule has 2 bridgehead atoms. The minimum absolute atomic E-state index is 0.0625. The van der Waals surface area contributed by atoms with E-state index < -0.39 is 0 Å². The van der Waals surface area contributed by atoms with Crippen LogP contribution in [-0.2, 0) is 11.2 Å². The summed E-state index contributed by atoms with van der Waals surface area (Å²) in [4.78, 5) is 32.0. The van der Waals surface area contributed by atoms with E-state index >= 15 is 0 Å². The first-order valence-corrected chi connectivity index (χ1v) is 10.3. The van der Waals surface area contributed by atoms with Gasteiger partial charge in [-0.05, 0) is 42.7 Å². The van der Waals surface area contributed by atoms with Gasteiger partial charge in [-0.3, -0.25) is 9.36 Å². The normalized spacial score (nSPS) is 18.5. The third-order valence-electron chi connectivity index (χ3n) is 6.30. The molecule has 2 atom stereocenters. The second kappa shape index (κ2) is 7.27. The fourth-order valence-electron chi connectivity index (χ4n) is 4.81. The second-order valence-corrected chi connectivity index (χ2v) is 8.15. The third-order valence-corrected chi connectivity index (χ3v) is 6.30. The number of aromatic nitrogens is 3. The van der Waals surface area contributed by atoms with Crippen LogP contribution in [0.5, 0.6) is 11.6 Å². The lowest BCUT2D eigenvalue weighted by Crippen LogP contribution is -2.38. The summed E-state index contributed by atoms with van der Waals surface area (Å²) in [5, 5.41) is 20.1. The summed E-state index contributed by atoms with van der Waals surface area (Å²) in [5.74, 6) is 0.438. The number of imidazole rings is 1. The molecule has 1 N–H and O–H groups in total. The molecule has 162 valence electrons. The summed E-state index contributed by atoms with van der Waals surface area (Å²) >= 11 is 0. The molecule has 1 amide bonds. The van der Waals surface area contributed by atoms with Gasteiger partial charge >= 0.3 is 5.69 Å². The number of nitrogens with zero attached hydrogens (tertiary/aromatic N) is 5. The van der Waals surface area contributed by atoms with Crippen molar-refractivity contribution in [2.24, 2.45) is 0 Å². The molecule has 2 aliphatic rings. The molecule has 9 heteroatoms. The van der Waals surface area contributed by atoms with Gasteiger partial charge in [0, 0.05) is 6.54 Å². The Kier molecular flexibility index (Phi) is 4.51. The number of amides is 1. The van der Waals surface area contributed by atoms with Gasteiger partial charge in [0.2, 0.25) is 11.8 Å². The number of rotatable bonds is 4. The molecule has 32 heavy (non-hydrogen) atoms. The zero-order chi connectivity index (χ0) is 22.6. The highest BCUT2D eigenvalue weighted by Crippen LogP contribution is 2.48. The molecule has 2 aromatic heterocycles. The van der Waals surface area contributed by atoms with E-state index in [0.29, 0.717) is 35.7 Å². The van der Waals surface area contributed by atoms with E-state index in [9.17, 15) is 14.7 Å². The summed E-state index contributed by atoms with van der Waals surface area (Å²) in [6.45, 7) is 2.15. The first-order chi connectivity index (χ1) is 15.4. The fraction of sp³-hybridized carbons (Fsp3) is 0.304. The van der Waals surface area contributed by atoms with Crippen molar-refractivity contribution in [1.82, 2.24) is 19.0 Å². The number of pyridine rings is 1. The Morgan fingerprint density at radius 2 is 2.19 bits per heavy atom. The minimum Gasteiger partial charge on any atom is -0.497 e. The van der Waals surface area contributed by atoms with Crippen molar-refractivity contribution in [1.29, 1.82) is 5.26 Å². The van der Waals surface area contributed by atoms with Crippen LogP contribution in [-0.4, -0.2) is 43.7 Å². The van der Waals surface area contributed by atoms with Crippen molar-refractivity contribution < 1.29 is 14.6 Å². The first kappa shape index (κ1) is 19.9. The highest BCUT2D eigenvalue weighted by molar-refractivity contribution is 5.80. The number of aryl methyl sites for hydroxylation is 1. The molecule has 0 spiro atoms. The quantitative estimate of drug-likeness (QED) is 0.676. The largest absolute Gasteiger partial charge is 0.497 e. The maximum absolute atomic E-state index is 13.1. The number of carbonyl (C=O) groups excluding carboxylic acids is 1. The van der Waals surface area contributed by atoms with Crippen LogP contribution >= 0.6 is 0 Å². The van der Waals surface area contributed by atoms with Gasteiger partial charge in [-0.25, -0.2) is 14.3 Å². The number of nitriles is 1. The van der Waals surface area contributed by atoms with Crippen molar-refractivity contribution in [2.45, 2.75) is 31.8 Å². The van der Waals surface area contributed by atoms with E-state index in [1.165, 1.54) is 10.8 Å².